The van der Waals surface area contributed by atoms with Gasteiger partial charge in [-0.2, -0.15) is 0 Å². The predicted molar refractivity (Wildman–Crippen MR) is 101 cm³/mol. The molecular formula is C21H23N3O4. The summed E-state index contributed by atoms with van der Waals surface area (Å²) >= 11 is 0. The van der Waals surface area contributed by atoms with Crippen LogP contribution >= 0.6 is 0 Å². The summed E-state index contributed by atoms with van der Waals surface area (Å²) < 4.78 is 0. The van der Waals surface area contributed by atoms with Crippen molar-refractivity contribution in [3.05, 3.63) is 34.9 Å². The lowest BCUT2D eigenvalue weighted by Gasteiger charge is -2.29. The summed E-state index contributed by atoms with van der Waals surface area (Å²) in [5, 5.41) is 11.7. The van der Waals surface area contributed by atoms with Gasteiger partial charge in [-0.05, 0) is 60.8 Å². The number of nitrogens with one attached hydrogen (secondary N) is 1. The molecule has 2 aliphatic carbocycles. The number of imide groups is 1. The standard InChI is InChI=1S/C21H23N3O4/c1-12(14-5-6-14)17(18(22)26)24-19(27)21(23-20(24)28)9-8-15-11-13(3-2-10-25)4-7-16(15)21/h4,7,11-12,14,17,25H,5-6,8-10H2,1H3,(H2,22,26)(H,23,28)/t12-,17?,21-/m0/s1. The zero-order chi connectivity index (χ0) is 20.1. The van der Waals surface area contributed by atoms with Crippen molar-refractivity contribution in [2.45, 2.75) is 44.2 Å². The van der Waals surface area contributed by atoms with Crippen molar-refractivity contribution in [1.29, 1.82) is 0 Å². The Labute approximate surface area is 163 Å². The number of aliphatic hydroxyl groups excluding tert-OH is 1. The topological polar surface area (TPSA) is 113 Å². The van der Waals surface area contributed by atoms with E-state index in [4.69, 9.17) is 10.8 Å². The summed E-state index contributed by atoms with van der Waals surface area (Å²) in [5.41, 5.74) is 6.88. The second-order valence-electron chi connectivity index (χ2n) is 7.89. The number of carbonyl (C=O) groups is 3. The molecule has 1 spiro atoms. The second-order valence-corrected chi connectivity index (χ2v) is 7.89. The molecule has 1 heterocycles. The van der Waals surface area contributed by atoms with Crippen LogP contribution in [0.15, 0.2) is 18.2 Å². The predicted octanol–water partition coefficient (Wildman–Crippen LogP) is 0.624. The maximum absolute atomic E-state index is 13.4. The highest BCUT2D eigenvalue weighted by Crippen LogP contribution is 2.45. The van der Waals surface area contributed by atoms with E-state index in [1.165, 1.54) is 0 Å². The van der Waals surface area contributed by atoms with Crippen LogP contribution in [-0.2, 0) is 21.5 Å². The molecule has 3 aliphatic rings. The quantitative estimate of drug-likeness (QED) is 0.524. The molecule has 0 aromatic heterocycles. The van der Waals surface area contributed by atoms with Gasteiger partial charge in [-0.1, -0.05) is 24.8 Å². The van der Waals surface area contributed by atoms with Crippen molar-refractivity contribution in [2.75, 3.05) is 6.61 Å². The molecule has 7 heteroatoms. The average molecular weight is 381 g/mol. The highest BCUT2D eigenvalue weighted by Gasteiger charge is 2.59. The molecule has 0 bridgehead atoms. The van der Waals surface area contributed by atoms with E-state index in [-0.39, 0.29) is 12.5 Å². The van der Waals surface area contributed by atoms with Gasteiger partial charge >= 0.3 is 6.03 Å². The smallest absolute Gasteiger partial charge is 0.326 e. The van der Waals surface area contributed by atoms with E-state index in [2.05, 4.69) is 17.2 Å². The first-order valence-corrected chi connectivity index (χ1v) is 9.57. The van der Waals surface area contributed by atoms with Gasteiger partial charge in [0.15, 0.2) is 0 Å². The number of urea groups is 1. The van der Waals surface area contributed by atoms with Crippen molar-refractivity contribution < 1.29 is 19.5 Å². The van der Waals surface area contributed by atoms with Crippen LogP contribution in [-0.4, -0.2) is 40.5 Å². The number of hydrogen-bond acceptors (Lipinski definition) is 4. The Balaban J connectivity index is 1.69. The third-order valence-corrected chi connectivity index (χ3v) is 6.20. The van der Waals surface area contributed by atoms with Gasteiger partial charge in [0.2, 0.25) is 5.91 Å². The average Bonchev–Trinajstić information content (AvgIpc) is 3.41. The molecule has 146 valence electrons. The number of nitrogens with two attached hydrogens (primary N) is 1. The number of aliphatic hydroxyl groups is 1. The first-order valence-electron chi connectivity index (χ1n) is 9.57. The Morgan fingerprint density at radius 1 is 1.43 bits per heavy atom. The van der Waals surface area contributed by atoms with Gasteiger partial charge < -0.3 is 16.2 Å². The highest BCUT2D eigenvalue weighted by molar-refractivity contribution is 6.10. The van der Waals surface area contributed by atoms with Crippen molar-refractivity contribution in [2.24, 2.45) is 17.6 Å². The van der Waals surface area contributed by atoms with Crippen molar-refractivity contribution >= 4 is 17.8 Å². The van der Waals surface area contributed by atoms with Crippen LogP contribution in [0, 0.1) is 23.7 Å². The maximum atomic E-state index is 13.4. The number of primary amides is 1. The molecule has 2 fully saturated rings. The number of aryl methyl sites for hydroxylation is 1. The fourth-order valence-corrected chi connectivity index (χ4v) is 4.59. The first-order chi connectivity index (χ1) is 13.4. The zero-order valence-electron chi connectivity index (χ0n) is 15.7. The largest absolute Gasteiger partial charge is 0.384 e. The molecule has 28 heavy (non-hydrogen) atoms. The Kier molecular flexibility index (Phi) is 4.39. The third kappa shape index (κ3) is 2.76. The molecule has 1 saturated carbocycles. The fraction of sp³-hybridized carbons (Fsp3) is 0.476. The molecule has 3 atom stereocenters. The lowest BCUT2D eigenvalue weighted by Crippen LogP contribution is -2.53. The van der Waals surface area contributed by atoms with Gasteiger partial charge in [0, 0.05) is 5.56 Å². The number of nitrogens with zero attached hydrogens (tertiary/aromatic N) is 1. The molecule has 0 radical (unpaired) electrons. The lowest BCUT2D eigenvalue weighted by atomic mass is 9.89. The summed E-state index contributed by atoms with van der Waals surface area (Å²) in [7, 11) is 0. The van der Waals surface area contributed by atoms with Crippen molar-refractivity contribution in [3.63, 3.8) is 0 Å². The van der Waals surface area contributed by atoms with E-state index in [0.717, 1.165) is 34.4 Å². The molecule has 1 unspecified atom stereocenters. The van der Waals surface area contributed by atoms with Gasteiger partial charge in [0.25, 0.3) is 5.91 Å². The van der Waals surface area contributed by atoms with Crippen LogP contribution in [0.1, 0.15) is 42.9 Å². The number of amides is 4. The van der Waals surface area contributed by atoms with Crippen LogP contribution in [0.3, 0.4) is 0 Å². The second kappa shape index (κ2) is 6.64. The van der Waals surface area contributed by atoms with Crippen LogP contribution in [0.5, 0.6) is 0 Å². The van der Waals surface area contributed by atoms with Gasteiger partial charge in [0.1, 0.15) is 18.2 Å². The van der Waals surface area contributed by atoms with Gasteiger partial charge in [-0.25, -0.2) is 9.69 Å². The van der Waals surface area contributed by atoms with Crippen LogP contribution in [0.4, 0.5) is 4.79 Å². The Bertz CT molecular complexity index is 927. The van der Waals surface area contributed by atoms with E-state index in [9.17, 15) is 14.4 Å². The zero-order valence-corrected chi connectivity index (χ0v) is 15.7. The van der Waals surface area contributed by atoms with E-state index in [1.807, 2.05) is 13.0 Å². The Morgan fingerprint density at radius 3 is 2.82 bits per heavy atom. The highest BCUT2D eigenvalue weighted by atomic mass is 16.2. The summed E-state index contributed by atoms with van der Waals surface area (Å²) in [6, 6.07) is 3.97. The van der Waals surface area contributed by atoms with E-state index in [1.54, 1.807) is 12.1 Å². The summed E-state index contributed by atoms with van der Waals surface area (Å²) in [4.78, 5) is 39.4. The number of carbonyl (C=O) groups excluding carboxylic acids is 3. The van der Waals surface area contributed by atoms with Gasteiger partial charge in [0.05, 0.1) is 0 Å². The SMILES string of the molecule is C[C@@H](C1CC1)C(C(N)=O)N1C(=O)N[C@]2(CCc3cc(C#CCO)ccc32)C1=O. The molecule has 4 rings (SSSR count). The van der Waals surface area contributed by atoms with Crippen molar-refractivity contribution in [3.8, 4) is 11.8 Å². The summed E-state index contributed by atoms with van der Waals surface area (Å²) in [6.07, 6.45) is 3.02. The molecule has 7 nitrogen and oxygen atoms in total. The monoisotopic (exact) mass is 381 g/mol. The normalized spacial score (nSPS) is 25.1. The molecule has 1 saturated heterocycles. The van der Waals surface area contributed by atoms with E-state index < -0.39 is 29.4 Å². The maximum Gasteiger partial charge on any atom is 0.326 e. The Morgan fingerprint density at radius 2 is 2.18 bits per heavy atom. The molecule has 4 N–H and O–H groups in total. The number of benzene rings is 1. The van der Waals surface area contributed by atoms with Gasteiger partial charge in [-0.15, -0.1) is 0 Å². The van der Waals surface area contributed by atoms with E-state index in [0.29, 0.717) is 18.8 Å². The minimum Gasteiger partial charge on any atom is -0.384 e. The number of fused-ring (bicyclic) bond motifs is 2. The van der Waals surface area contributed by atoms with E-state index >= 15 is 0 Å². The van der Waals surface area contributed by atoms with Crippen LogP contribution in [0.25, 0.3) is 0 Å². The molecular weight excluding hydrogens is 358 g/mol. The number of hydrogen-bond donors (Lipinski definition) is 3. The fourth-order valence-electron chi connectivity index (χ4n) is 4.59. The minimum absolute atomic E-state index is 0.153. The summed E-state index contributed by atoms with van der Waals surface area (Å²) in [5.74, 6) is 4.58. The molecule has 1 aliphatic heterocycles. The summed E-state index contributed by atoms with van der Waals surface area (Å²) in [6.45, 7) is 1.66. The lowest BCUT2D eigenvalue weighted by molar-refractivity contribution is -0.139. The van der Waals surface area contributed by atoms with Crippen LogP contribution < -0.4 is 11.1 Å². The third-order valence-electron chi connectivity index (χ3n) is 6.20. The molecule has 4 amide bonds. The van der Waals surface area contributed by atoms with Gasteiger partial charge in [-0.3, -0.25) is 9.59 Å². The van der Waals surface area contributed by atoms with Crippen LogP contribution in [0.2, 0.25) is 0 Å². The number of rotatable bonds is 4. The first kappa shape index (κ1) is 18.5. The minimum atomic E-state index is -1.15. The molecule has 1 aromatic carbocycles. The molecule has 1 aromatic rings. The van der Waals surface area contributed by atoms with Crippen molar-refractivity contribution in [1.82, 2.24) is 10.2 Å². The Hall–Kier alpha value is -2.85.